The molecule has 1 aromatic rings. The SMILES string of the molecule is O=C(OCC(F)(F)F)c1ccc(C(F)(F)F)cc1. The van der Waals surface area contributed by atoms with Crippen LogP contribution in [0.3, 0.4) is 0 Å². The zero-order valence-electron chi connectivity index (χ0n) is 8.60. The molecule has 1 aromatic carbocycles. The highest BCUT2D eigenvalue weighted by atomic mass is 19.4. The molecule has 1 rings (SSSR count). The van der Waals surface area contributed by atoms with Crippen molar-refractivity contribution >= 4 is 5.97 Å². The Bertz CT molecular complexity index is 417. The lowest BCUT2D eigenvalue weighted by atomic mass is 10.1. The highest BCUT2D eigenvalue weighted by Crippen LogP contribution is 2.29. The average molecular weight is 272 g/mol. The summed E-state index contributed by atoms with van der Waals surface area (Å²) in [4.78, 5) is 11.0. The van der Waals surface area contributed by atoms with Crippen molar-refractivity contribution in [3.63, 3.8) is 0 Å². The molecular formula is C10H6F6O2. The highest BCUT2D eigenvalue weighted by molar-refractivity contribution is 5.89. The molecule has 8 heteroatoms. The van der Waals surface area contributed by atoms with Gasteiger partial charge >= 0.3 is 18.3 Å². The van der Waals surface area contributed by atoms with Gasteiger partial charge in [-0.15, -0.1) is 0 Å². The summed E-state index contributed by atoms with van der Waals surface area (Å²) < 4.78 is 75.5. The van der Waals surface area contributed by atoms with E-state index in [1.165, 1.54) is 0 Å². The van der Waals surface area contributed by atoms with E-state index in [0.29, 0.717) is 12.1 Å². The Labute approximate surface area is 97.2 Å². The number of hydrogen-bond acceptors (Lipinski definition) is 2. The lowest BCUT2D eigenvalue weighted by Crippen LogP contribution is -2.20. The molecule has 0 saturated carbocycles. The summed E-state index contributed by atoms with van der Waals surface area (Å²) in [5.74, 6) is -1.33. The molecule has 2 nitrogen and oxygen atoms in total. The Morgan fingerprint density at radius 2 is 1.50 bits per heavy atom. The average Bonchev–Trinajstić information content (AvgIpc) is 2.24. The normalized spacial score (nSPS) is 12.3. The summed E-state index contributed by atoms with van der Waals surface area (Å²) in [5.41, 5.74) is -1.39. The highest BCUT2D eigenvalue weighted by Gasteiger charge is 2.31. The van der Waals surface area contributed by atoms with Crippen molar-refractivity contribution in [2.75, 3.05) is 6.61 Å². The van der Waals surface area contributed by atoms with E-state index < -0.39 is 30.5 Å². The molecular weight excluding hydrogens is 266 g/mol. The Kier molecular flexibility index (Phi) is 3.88. The van der Waals surface area contributed by atoms with Gasteiger partial charge < -0.3 is 4.74 Å². The number of halogens is 6. The molecule has 0 aliphatic rings. The molecule has 100 valence electrons. The maximum Gasteiger partial charge on any atom is 0.422 e. The standard InChI is InChI=1S/C10H6F6O2/c11-9(12,13)5-18-8(17)6-1-3-7(4-2-6)10(14,15)16/h1-4H,5H2. The molecule has 0 radical (unpaired) electrons. The summed E-state index contributed by atoms with van der Waals surface area (Å²) in [6.45, 7) is -1.78. The van der Waals surface area contributed by atoms with Crippen LogP contribution in [0.1, 0.15) is 15.9 Å². The number of hydrogen-bond donors (Lipinski definition) is 0. The van der Waals surface area contributed by atoms with Crippen molar-refractivity contribution in [2.24, 2.45) is 0 Å². The van der Waals surface area contributed by atoms with Crippen molar-refractivity contribution in [1.29, 1.82) is 0 Å². The van der Waals surface area contributed by atoms with Crippen LogP contribution >= 0.6 is 0 Å². The van der Waals surface area contributed by atoms with E-state index in [1.807, 2.05) is 0 Å². The van der Waals surface area contributed by atoms with E-state index in [4.69, 9.17) is 0 Å². The maximum atomic E-state index is 12.2. The van der Waals surface area contributed by atoms with Crippen LogP contribution < -0.4 is 0 Å². The first-order chi connectivity index (χ1) is 8.09. The minimum Gasteiger partial charge on any atom is -0.452 e. The second-order valence-electron chi connectivity index (χ2n) is 3.27. The lowest BCUT2D eigenvalue weighted by Gasteiger charge is -2.09. The number of esters is 1. The zero-order valence-corrected chi connectivity index (χ0v) is 8.60. The molecule has 0 aliphatic heterocycles. The van der Waals surface area contributed by atoms with Gasteiger partial charge in [0.15, 0.2) is 6.61 Å². The Morgan fingerprint density at radius 1 is 1.00 bits per heavy atom. The third-order valence-electron chi connectivity index (χ3n) is 1.81. The molecule has 0 aliphatic carbocycles. The first kappa shape index (κ1) is 14.3. The van der Waals surface area contributed by atoms with Crippen molar-refractivity contribution in [2.45, 2.75) is 12.4 Å². The predicted molar refractivity (Wildman–Crippen MR) is 47.8 cm³/mol. The van der Waals surface area contributed by atoms with Crippen molar-refractivity contribution < 1.29 is 35.9 Å². The van der Waals surface area contributed by atoms with E-state index in [0.717, 1.165) is 12.1 Å². The number of carbonyl (C=O) groups is 1. The van der Waals surface area contributed by atoms with E-state index in [1.54, 1.807) is 0 Å². The first-order valence-electron chi connectivity index (χ1n) is 4.51. The lowest BCUT2D eigenvalue weighted by molar-refractivity contribution is -0.161. The van der Waals surface area contributed by atoms with Gasteiger partial charge in [0.05, 0.1) is 11.1 Å². The van der Waals surface area contributed by atoms with Crippen molar-refractivity contribution in [1.82, 2.24) is 0 Å². The third kappa shape index (κ3) is 4.27. The van der Waals surface area contributed by atoms with E-state index in [2.05, 4.69) is 4.74 Å². The quantitative estimate of drug-likeness (QED) is 0.609. The number of ether oxygens (including phenoxy) is 1. The van der Waals surface area contributed by atoms with Crippen LogP contribution in [-0.2, 0) is 10.9 Å². The van der Waals surface area contributed by atoms with Crippen molar-refractivity contribution in [3.05, 3.63) is 35.4 Å². The van der Waals surface area contributed by atoms with E-state index in [9.17, 15) is 31.1 Å². The largest absolute Gasteiger partial charge is 0.452 e. The summed E-state index contributed by atoms with van der Waals surface area (Å²) in [5, 5.41) is 0. The fraction of sp³-hybridized carbons (Fsp3) is 0.300. The summed E-state index contributed by atoms with van der Waals surface area (Å²) in [6.07, 6.45) is -9.25. The second-order valence-corrected chi connectivity index (χ2v) is 3.27. The molecule has 0 bridgehead atoms. The molecule has 0 unspecified atom stereocenters. The van der Waals surface area contributed by atoms with Crippen LogP contribution in [0.2, 0.25) is 0 Å². The molecule has 0 spiro atoms. The summed E-state index contributed by atoms with van der Waals surface area (Å²) in [7, 11) is 0. The van der Waals surface area contributed by atoms with Crippen molar-refractivity contribution in [3.8, 4) is 0 Å². The van der Waals surface area contributed by atoms with Gasteiger partial charge in [-0.1, -0.05) is 0 Å². The Morgan fingerprint density at radius 3 is 1.89 bits per heavy atom. The van der Waals surface area contributed by atoms with Gasteiger partial charge in [0.25, 0.3) is 0 Å². The minimum atomic E-state index is -4.68. The van der Waals surface area contributed by atoms with Gasteiger partial charge in [-0.25, -0.2) is 4.79 Å². The molecule has 0 aromatic heterocycles. The van der Waals surface area contributed by atoms with Gasteiger partial charge in [-0.2, -0.15) is 26.3 Å². The van der Waals surface area contributed by atoms with Crippen LogP contribution in [0.25, 0.3) is 0 Å². The van der Waals surface area contributed by atoms with Gasteiger partial charge in [-0.05, 0) is 24.3 Å². The topological polar surface area (TPSA) is 26.3 Å². The smallest absolute Gasteiger partial charge is 0.422 e. The van der Waals surface area contributed by atoms with Gasteiger partial charge in [-0.3, -0.25) is 0 Å². The predicted octanol–water partition coefficient (Wildman–Crippen LogP) is 3.42. The zero-order chi connectivity index (χ0) is 14.0. The van der Waals surface area contributed by atoms with Crippen LogP contribution in [0.15, 0.2) is 24.3 Å². The summed E-state index contributed by atoms with van der Waals surface area (Å²) >= 11 is 0. The van der Waals surface area contributed by atoms with Crippen LogP contribution in [0.4, 0.5) is 26.3 Å². The van der Waals surface area contributed by atoms with Gasteiger partial charge in [0.1, 0.15) is 0 Å². The third-order valence-corrected chi connectivity index (χ3v) is 1.81. The maximum absolute atomic E-state index is 12.2. The number of rotatable bonds is 2. The van der Waals surface area contributed by atoms with Gasteiger partial charge in [0, 0.05) is 0 Å². The molecule has 0 fully saturated rings. The van der Waals surface area contributed by atoms with Crippen LogP contribution in [0, 0.1) is 0 Å². The fourth-order valence-electron chi connectivity index (χ4n) is 1.03. The molecule has 0 amide bonds. The molecule has 18 heavy (non-hydrogen) atoms. The monoisotopic (exact) mass is 272 g/mol. The van der Waals surface area contributed by atoms with E-state index >= 15 is 0 Å². The molecule has 0 atom stereocenters. The summed E-state index contributed by atoms with van der Waals surface area (Å²) in [6, 6.07) is 2.68. The minimum absolute atomic E-state index is 0.382. The fourth-order valence-corrected chi connectivity index (χ4v) is 1.03. The van der Waals surface area contributed by atoms with E-state index in [-0.39, 0.29) is 5.56 Å². The molecule has 0 heterocycles. The van der Waals surface area contributed by atoms with Crippen LogP contribution in [0.5, 0.6) is 0 Å². The Hall–Kier alpha value is -1.73. The first-order valence-corrected chi connectivity index (χ1v) is 4.51. The second kappa shape index (κ2) is 4.87. The number of benzene rings is 1. The number of carbonyl (C=O) groups excluding carboxylic acids is 1. The molecule has 0 N–H and O–H groups in total. The Balaban J connectivity index is 2.71. The molecule has 0 saturated heterocycles. The van der Waals surface area contributed by atoms with Crippen LogP contribution in [-0.4, -0.2) is 18.8 Å². The van der Waals surface area contributed by atoms with Gasteiger partial charge in [0.2, 0.25) is 0 Å². The number of alkyl halides is 6.